The largest absolute Gasteiger partial charge is 0.376 e. The summed E-state index contributed by atoms with van der Waals surface area (Å²) >= 11 is 0. The van der Waals surface area contributed by atoms with Gasteiger partial charge in [-0.1, -0.05) is 26.7 Å². The molecule has 0 aromatic rings. The molecule has 0 radical (unpaired) electrons. The van der Waals surface area contributed by atoms with E-state index in [4.69, 9.17) is 10.5 Å². The van der Waals surface area contributed by atoms with Crippen molar-refractivity contribution in [1.29, 1.82) is 0 Å². The Labute approximate surface area is 81.8 Å². The average molecular weight is 185 g/mol. The Balaban J connectivity index is 2.22. The average Bonchev–Trinajstić information content (AvgIpc) is 2.67. The van der Waals surface area contributed by atoms with Crippen LogP contribution in [0.4, 0.5) is 0 Å². The van der Waals surface area contributed by atoms with Crippen LogP contribution in [0.25, 0.3) is 0 Å². The normalized spacial score (nSPS) is 19.6. The molecule has 2 heteroatoms. The van der Waals surface area contributed by atoms with Gasteiger partial charge >= 0.3 is 0 Å². The van der Waals surface area contributed by atoms with Crippen LogP contribution in [0.3, 0.4) is 0 Å². The van der Waals surface area contributed by atoms with Gasteiger partial charge in [0.1, 0.15) is 0 Å². The van der Waals surface area contributed by atoms with Gasteiger partial charge in [-0.3, -0.25) is 0 Å². The predicted molar refractivity (Wildman–Crippen MR) is 55.7 cm³/mol. The molecule has 0 unspecified atom stereocenters. The molecular weight excluding hydrogens is 162 g/mol. The van der Waals surface area contributed by atoms with Crippen LogP contribution in [-0.4, -0.2) is 18.2 Å². The molecule has 0 heterocycles. The van der Waals surface area contributed by atoms with Crippen LogP contribution in [0.1, 0.15) is 52.4 Å². The molecule has 0 saturated heterocycles. The van der Waals surface area contributed by atoms with Crippen molar-refractivity contribution in [3.05, 3.63) is 0 Å². The van der Waals surface area contributed by atoms with Gasteiger partial charge in [-0.15, -0.1) is 0 Å². The molecule has 1 rings (SSSR count). The summed E-state index contributed by atoms with van der Waals surface area (Å²) < 4.78 is 5.82. The summed E-state index contributed by atoms with van der Waals surface area (Å²) in [6.07, 6.45) is 7.67. The third-order valence-corrected chi connectivity index (χ3v) is 3.32. The molecule has 78 valence electrons. The second kappa shape index (κ2) is 4.97. The van der Waals surface area contributed by atoms with Crippen LogP contribution in [0.5, 0.6) is 0 Å². The first kappa shape index (κ1) is 11.0. The number of ether oxygens (including phenoxy) is 1. The summed E-state index contributed by atoms with van der Waals surface area (Å²) in [6, 6.07) is 0. The van der Waals surface area contributed by atoms with Gasteiger partial charge in [-0.25, -0.2) is 0 Å². The Kier molecular flexibility index (Phi) is 4.20. The Hall–Kier alpha value is -0.0800. The zero-order valence-corrected chi connectivity index (χ0v) is 9.01. The van der Waals surface area contributed by atoms with E-state index in [0.717, 1.165) is 19.4 Å². The fourth-order valence-corrected chi connectivity index (χ4v) is 1.79. The fourth-order valence-electron chi connectivity index (χ4n) is 1.79. The van der Waals surface area contributed by atoms with E-state index in [-0.39, 0.29) is 5.54 Å². The fraction of sp³-hybridized carbons (Fsp3) is 1.00. The van der Waals surface area contributed by atoms with Crippen molar-refractivity contribution in [1.82, 2.24) is 0 Å². The number of hydrogen-bond donors (Lipinski definition) is 1. The van der Waals surface area contributed by atoms with Crippen molar-refractivity contribution in [3.63, 3.8) is 0 Å². The molecule has 1 aliphatic rings. The van der Waals surface area contributed by atoms with Gasteiger partial charge in [-0.2, -0.15) is 0 Å². The SMILES string of the molecule is CCC(N)(CC)COC1CCCC1. The second-order valence-corrected chi connectivity index (χ2v) is 4.29. The highest BCUT2D eigenvalue weighted by Crippen LogP contribution is 2.23. The standard InChI is InChI=1S/C11H23NO/c1-3-11(12,4-2)9-13-10-7-5-6-8-10/h10H,3-9,12H2,1-2H3. The van der Waals surface area contributed by atoms with Gasteiger partial charge in [0.25, 0.3) is 0 Å². The number of nitrogens with two attached hydrogens (primary N) is 1. The molecule has 2 nitrogen and oxygen atoms in total. The lowest BCUT2D eigenvalue weighted by molar-refractivity contribution is 0.0213. The summed E-state index contributed by atoms with van der Waals surface area (Å²) in [5, 5.41) is 0. The lowest BCUT2D eigenvalue weighted by Crippen LogP contribution is -2.44. The summed E-state index contributed by atoms with van der Waals surface area (Å²) in [5.41, 5.74) is 6.07. The van der Waals surface area contributed by atoms with Gasteiger partial charge in [0.05, 0.1) is 12.7 Å². The van der Waals surface area contributed by atoms with Crippen molar-refractivity contribution in [2.24, 2.45) is 5.73 Å². The topological polar surface area (TPSA) is 35.2 Å². The van der Waals surface area contributed by atoms with Crippen molar-refractivity contribution < 1.29 is 4.74 Å². The Morgan fingerprint density at radius 2 is 1.77 bits per heavy atom. The minimum absolute atomic E-state index is 0.0808. The Morgan fingerprint density at radius 1 is 1.23 bits per heavy atom. The lowest BCUT2D eigenvalue weighted by atomic mass is 9.95. The van der Waals surface area contributed by atoms with E-state index in [9.17, 15) is 0 Å². The van der Waals surface area contributed by atoms with Gasteiger partial charge in [0.15, 0.2) is 0 Å². The highest BCUT2D eigenvalue weighted by molar-refractivity contribution is 4.81. The first-order chi connectivity index (χ1) is 6.20. The number of hydrogen-bond acceptors (Lipinski definition) is 2. The van der Waals surface area contributed by atoms with E-state index in [1.807, 2.05) is 0 Å². The molecule has 1 fully saturated rings. The third-order valence-electron chi connectivity index (χ3n) is 3.32. The van der Waals surface area contributed by atoms with Crippen LogP contribution in [0.2, 0.25) is 0 Å². The molecule has 0 aliphatic heterocycles. The summed E-state index contributed by atoms with van der Waals surface area (Å²) in [6.45, 7) is 5.02. The summed E-state index contributed by atoms with van der Waals surface area (Å²) in [4.78, 5) is 0. The predicted octanol–water partition coefficient (Wildman–Crippen LogP) is 2.46. The zero-order valence-electron chi connectivity index (χ0n) is 9.01. The molecule has 0 bridgehead atoms. The molecule has 13 heavy (non-hydrogen) atoms. The third kappa shape index (κ3) is 3.28. The van der Waals surface area contributed by atoms with Crippen LogP contribution in [0.15, 0.2) is 0 Å². The van der Waals surface area contributed by atoms with Gasteiger partial charge < -0.3 is 10.5 Å². The van der Waals surface area contributed by atoms with E-state index in [1.165, 1.54) is 25.7 Å². The Bertz CT molecular complexity index is 137. The van der Waals surface area contributed by atoms with Gasteiger partial charge in [0.2, 0.25) is 0 Å². The van der Waals surface area contributed by atoms with E-state index in [0.29, 0.717) is 6.10 Å². The van der Waals surface area contributed by atoms with Crippen molar-refractivity contribution >= 4 is 0 Å². The molecule has 0 amide bonds. The van der Waals surface area contributed by atoms with Crippen molar-refractivity contribution in [2.75, 3.05) is 6.61 Å². The Morgan fingerprint density at radius 3 is 2.23 bits per heavy atom. The van der Waals surface area contributed by atoms with Crippen LogP contribution in [0, 0.1) is 0 Å². The van der Waals surface area contributed by atoms with Crippen LogP contribution in [-0.2, 0) is 4.74 Å². The van der Waals surface area contributed by atoms with E-state index >= 15 is 0 Å². The van der Waals surface area contributed by atoms with E-state index in [2.05, 4.69) is 13.8 Å². The molecule has 0 aromatic carbocycles. The first-order valence-electron chi connectivity index (χ1n) is 5.60. The molecule has 1 aliphatic carbocycles. The van der Waals surface area contributed by atoms with Crippen molar-refractivity contribution in [2.45, 2.75) is 64.0 Å². The monoisotopic (exact) mass is 185 g/mol. The minimum Gasteiger partial charge on any atom is -0.376 e. The number of rotatable bonds is 5. The van der Waals surface area contributed by atoms with Crippen LogP contribution < -0.4 is 5.73 Å². The molecule has 0 atom stereocenters. The molecular formula is C11H23NO. The van der Waals surface area contributed by atoms with Gasteiger partial charge in [-0.05, 0) is 25.7 Å². The smallest absolute Gasteiger partial charge is 0.0649 e. The summed E-state index contributed by atoms with van der Waals surface area (Å²) in [5.74, 6) is 0. The summed E-state index contributed by atoms with van der Waals surface area (Å²) in [7, 11) is 0. The zero-order chi connectivity index (χ0) is 9.73. The molecule has 0 aromatic heterocycles. The second-order valence-electron chi connectivity index (χ2n) is 4.29. The quantitative estimate of drug-likeness (QED) is 0.714. The molecule has 0 spiro atoms. The maximum absolute atomic E-state index is 6.15. The van der Waals surface area contributed by atoms with E-state index in [1.54, 1.807) is 0 Å². The maximum Gasteiger partial charge on any atom is 0.0649 e. The lowest BCUT2D eigenvalue weighted by Gasteiger charge is -2.28. The van der Waals surface area contributed by atoms with E-state index < -0.39 is 0 Å². The van der Waals surface area contributed by atoms with Crippen molar-refractivity contribution in [3.8, 4) is 0 Å². The highest BCUT2D eigenvalue weighted by atomic mass is 16.5. The molecule has 1 saturated carbocycles. The van der Waals surface area contributed by atoms with Crippen LogP contribution >= 0.6 is 0 Å². The molecule has 2 N–H and O–H groups in total. The van der Waals surface area contributed by atoms with Gasteiger partial charge in [0, 0.05) is 5.54 Å². The first-order valence-corrected chi connectivity index (χ1v) is 5.60. The highest BCUT2D eigenvalue weighted by Gasteiger charge is 2.23. The minimum atomic E-state index is -0.0808. The maximum atomic E-state index is 6.15.